The van der Waals surface area contributed by atoms with Crippen molar-refractivity contribution in [3.05, 3.63) is 29.3 Å². The van der Waals surface area contributed by atoms with Crippen LogP contribution in [-0.2, 0) is 4.79 Å². The Morgan fingerprint density at radius 3 is 2.90 bits per heavy atom. The summed E-state index contributed by atoms with van der Waals surface area (Å²) in [6.45, 7) is 6.33. The molecule has 1 amide bonds. The van der Waals surface area contributed by atoms with Crippen molar-refractivity contribution in [2.45, 2.75) is 39.7 Å². The van der Waals surface area contributed by atoms with E-state index in [1.54, 1.807) is 6.07 Å². The minimum absolute atomic E-state index is 0.0571. The number of nitrogens with one attached hydrogen (secondary N) is 1. The van der Waals surface area contributed by atoms with E-state index in [1.165, 1.54) is 0 Å². The van der Waals surface area contributed by atoms with Crippen LogP contribution >= 0.6 is 0 Å². The Morgan fingerprint density at radius 2 is 2.20 bits per heavy atom. The number of Topliss-reactive ketones (excluding diaryl/α,β-unsaturated/α-hetero) is 1. The first-order valence-corrected chi connectivity index (χ1v) is 7.05. The Hall–Kier alpha value is -1.84. The Bertz CT molecular complexity index is 522. The van der Waals surface area contributed by atoms with Crippen LogP contribution in [0.5, 0.6) is 5.75 Å². The highest BCUT2D eigenvalue weighted by atomic mass is 16.5. The number of carbonyl (C=O) groups is 2. The lowest BCUT2D eigenvalue weighted by molar-refractivity contribution is -0.122. The Kier molecular flexibility index (Phi) is 4.42. The van der Waals surface area contributed by atoms with E-state index in [9.17, 15) is 9.59 Å². The van der Waals surface area contributed by atoms with E-state index in [-0.39, 0.29) is 17.6 Å². The molecule has 2 rings (SSSR count). The summed E-state index contributed by atoms with van der Waals surface area (Å²) in [6, 6.07) is 5.04. The normalized spacial score (nSPS) is 18.2. The highest BCUT2D eigenvalue weighted by Crippen LogP contribution is 2.27. The third-order valence-electron chi connectivity index (χ3n) is 3.38. The summed E-state index contributed by atoms with van der Waals surface area (Å²) in [7, 11) is 0. The molecule has 1 N–H and O–H groups in total. The molecule has 108 valence electrons. The first-order chi connectivity index (χ1) is 9.49. The minimum atomic E-state index is -0.482. The predicted octanol–water partition coefficient (Wildman–Crippen LogP) is 2.49. The zero-order valence-corrected chi connectivity index (χ0v) is 12.2. The number of hydrogen-bond donors (Lipinski definition) is 1. The van der Waals surface area contributed by atoms with E-state index in [0.717, 1.165) is 5.56 Å². The van der Waals surface area contributed by atoms with Gasteiger partial charge in [-0.1, -0.05) is 26.0 Å². The van der Waals surface area contributed by atoms with Crippen LogP contribution in [0.15, 0.2) is 18.2 Å². The standard InChI is InChI=1S/C16H21NO3/c1-10(2)9-14(18)17-13-7-8-20-16-11(3)5-4-6-12(16)15(13)19/h4-6,10,13H,7-9H2,1-3H3,(H,17,18). The molecule has 20 heavy (non-hydrogen) atoms. The molecule has 0 spiro atoms. The average molecular weight is 275 g/mol. The largest absolute Gasteiger partial charge is 0.492 e. The second-order valence-corrected chi connectivity index (χ2v) is 5.67. The summed E-state index contributed by atoms with van der Waals surface area (Å²) >= 11 is 0. The summed E-state index contributed by atoms with van der Waals surface area (Å²) < 4.78 is 5.67. The van der Waals surface area contributed by atoms with Gasteiger partial charge in [-0.05, 0) is 24.5 Å². The lowest BCUT2D eigenvalue weighted by Gasteiger charge is -2.15. The van der Waals surface area contributed by atoms with E-state index in [0.29, 0.717) is 30.8 Å². The zero-order chi connectivity index (χ0) is 14.7. The van der Waals surface area contributed by atoms with Gasteiger partial charge in [0.1, 0.15) is 5.75 Å². The highest BCUT2D eigenvalue weighted by molar-refractivity contribution is 6.04. The molecule has 1 aromatic carbocycles. The average Bonchev–Trinajstić information content (AvgIpc) is 2.51. The van der Waals surface area contributed by atoms with Crippen molar-refractivity contribution in [2.75, 3.05) is 6.61 Å². The lowest BCUT2D eigenvalue weighted by Crippen LogP contribution is -2.41. The van der Waals surface area contributed by atoms with Gasteiger partial charge in [0.2, 0.25) is 5.91 Å². The summed E-state index contributed by atoms with van der Waals surface area (Å²) in [5.41, 5.74) is 1.52. The maximum Gasteiger partial charge on any atom is 0.220 e. The van der Waals surface area contributed by atoms with Gasteiger partial charge in [0, 0.05) is 12.8 Å². The van der Waals surface area contributed by atoms with Gasteiger partial charge in [0.25, 0.3) is 0 Å². The van der Waals surface area contributed by atoms with Crippen molar-refractivity contribution in [3.8, 4) is 5.75 Å². The fraction of sp³-hybridized carbons (Fsp3) is 0.500. The molecule has 0 aliphatic carbocycles. The molecule has 0 aromatic heterocycles. The third kappa shape index (κ3) is 3.18. The molecular formula is C16H21NO3. The van der Waals surface area contributed by atoms with Crippen molar-refractivity contribution >= 4 is 11.7 Å². The van der Waals surface area contributed by atoms with Gasteiger partial charge in [-0.25, -0.2) is 0 Å². The molecule has 1 heterocycles. The maximum absolute atomic E-state index is 12.5. The monoisotopic (exact) mass is 275 g/mol. The molecule has 4 nitrogen and oxygen atoms in total. The van der Waals surface area contributed by atoms with Crippen molar-refractivity contribution in [2.24, 2.45) is 5.92 Å². The summed E-state index contributed by atoms with van der Waals surface area (Å²) in [5.74, 6) is 0.799. The quantitative estimate of drug-likeness (QED) is 0.922. The van der Waals surface area contributed by atoms with E-state index in [4.69, 9.17) is 4.74 Å². The number of ketones is 1. The van der Waals surface area contributed by atoms with Crippen LogP contribution < -0.4 is 10.1 Å². The maximum atomic E-state index is 12.5. The fourth-order valence-corrected chi connectivity index (χ4v) is 2.40. The second-order valence-electron chi connectivity index (χ2n) is 5.67. The van der Waals surface area contributed by atoms with Gasteiger partial charge in [-0.15, -0.1) is 0 Å². The molecule has 4 heteroatoms. The number of benzene rings is 1. The fourth-order valence-electron chi connectivity index (χ4n) is 2.40. The molecule has 1 atom stereocenters. The zero-order valence-electron chi connectivity index (χ0n) is 12.2. The number of hydrogen-bond acceptors (Lipinski definition) is 3. The summed E-state index contributed by atoms with van der Waals surface area (Å²) in [5, 5.41) is 2.83. The molecule has 1 aromatic rings. The van der Waals surface area contributed by atoms with E-state index >= 15 is 0 Å². The van der Waals surface area contributed by atoms with Crippen LogP contribution in [-0.4, -0.2) is 24.3 Å². The first-order valence-electron chi connectivity index (χ1n) is 7.05. The van der Waals surface area contributed by atoms with Crippen LogP contribution in [0.2, 0.25) is 0 Å². The number of para-hydroxylation sites is 1. The number of carbonyl (C=O) groups excluding carboxylic acids is 2. The smallest absolute Gasteiger partial charge is 0.220 e. The molecule has 0 fully saturated rings. The predicted molar refractivity (Wildman–Crippen MR) is 77.0 cm³/mol. The molecule has 1 aliphatic rings. The van der Waals surface area contributed by atoms with Gasteiger partial charge < -0.3 is 10.1 Å². The Balaban J connectivity index is 2.17. The molecule has 1 aliphatic heterocycles. The molecule has 0 radical (unpaired) electrons. The van der Waals surface area contributed by atoms with E-state index in [2.05, 4.69) is 5.32 Å². The van der Waals surface area contributed by atoms with Gasteiger partial charge in [0.05, 0.1) is 18.2 Å². The Labute approximate surface area is 119 Å². The Morgan fingerprint density at radius 1 is 1.45 bits per heavy atom. The van der Waals surface area contributed by atoms with Crippen LogP contribution in [0.25, 0.3) is 0 Å². The highest BCUT2D eigenvalue weighted by Gasteiger charge is 2.28. The minimum Gasteiger partial charge on any atom is -0.492 e. The van der Waals surface area contributed by atoms with Crippen molar-refractivity contribution in [3.63, 3.8) is 0 Å². The molecule has 0 saturated carbocycles. The second kappa shape index (κ2) is 6.07. The first kappa shape index (κ1) is 14.6. The number of ether oxygens (including phenoxy) is 1. The number of amides is 1. The van der Waals surface area contributed by atoms with Gasteiger partial charge in [0.15, 0.2) is 5.78 Å². The summed E-state index contributed by atoms with van der Waals surface area (Å²) in [6.07, 6.45) is 0.947. The molecular weight excluding hydrogens is 254 g/mol. The molecule has 1 unspecified atom stereocenters. The molecule has 0 saturated heterocycles. The van der Waals surface area contributed by atoms with Crippen LogP contribution in [0.4, 0.5) is 0 Å². The van der Waals surface area contributed by atoms with Gasteiger partial charge >= 0.3 is 0 Å². The lowest BCUT2D eigenvalue weighted by atomic mass is 9.99. The van der Waals surface area contributed by atoms with E-state index in [1.807, 2.05) is 32.9 Å². The topological polar surface area (TPSA) is 55.4 Å². The third-order valence-corrected chi connectivity index (χ3v) is 3.38. The van der Waals surface area contributed by atoms with Gasteiger partial charge in [-0.3, -0.25) is 9.59 Å². The van der Waals surface area contributed by atoms with Gasteiger partial charge in [-0.2, -0.15) is 0 Å². The number of fused-ring (bicyclic) bond motifs is 1. The van der Waals surface area contributed by atoms with Crippen LogP contribution in [0.1, 0.15) is 42.6 Å². The number of rotatable bonds is 3. The van der Waals surface area contributed by atoms with E-state index < -0.39 is 6.04 Å². The van der Waals surface area contributed by atoms with Crippen LogP contribution in [0.3, 0.4) is 0 Å². The van der Waals surface area contributed by atoms with Crippen LogP contribution in [0, 0.1) is 12.8 Å². The molecule has 0 bridgehead atoms. The summed E-state index contributed by atoms with van der Waals surface area (Å²) in [4.78, 5) is 24.4. The SMILES string of the molecule is Cc1cccc2c1OCCC(NC(=O)CC(C)C)C2=O. The van der Waals surface area contributed by atoms with Crippen molar-refractivity contribution in [1.29, 1.82) is 0 Å². The van der Waals surface area contributed by atoms with Crippen molar-refractivity contribution < 1.29 is 14.3 Å². The van der Waals surface area contributed by atoms with Crippen molar-refractivity contribution in [1.82, 2.24) is 5.32 Å². The number of aryl methyl sites for hydroxylation is 1.